The van der Waals surface area contributed by atoms with Crippen LogP contribution in [-0.2, 0) is 4.79 Å². The molecule has 0 aliphatic carbocycles. The van der Waals surface area contributed by atoms with Gasteiger partial charge in [-0.05, 0) is 31.5 Å². The molecule has 0 fully saturated rings. The molecular weight excluding hydrogens is 348 g/mol. The average Bonchev–Trinajstić information content (AvgIpc) is 3.08. The Balaban J connectivity index is 1.58. The monoisotopic (exact) mass is 366 g/mol. The fraction of sp³-hybridized carbons (Fsp3) is 0.158. The first-order valence-electron chi connectivity index (χ1n) is 8.07. The lowest BCUT2D eigenvalue weighted by Crippen LogP contribution is -2.32. The molecule has 0 radical (unpaired) electrons. The summed E-state index contributed by atoms with van der Waals surface area (Å²) in [5.74, 6) is -0.647. The molecule has 0 aliphatic heterocycles. The lowest BCUT2D eigenvalue weighted by Gasteiger charge is -2.04. The van der Waals surface area contributed by atoms with Crippen LogP contribution in [0.3, 0.4) is 0 Å². The number of carbonyl (C=O) groups excluding carboxylic acids is 2. The van der Waals surface area contributed by atoms with E-state index in [4.69, 9.17) is 0 Å². The zero-order chi connectivity index (χ0) is 18.5. The van der Waals surface area contributed by atoms with Gasteiger partial charge in [-0.1, -0.05) is 53.3 Å². The molecule has 0 bridgehead atoms. The van der Waals surface area contributed by atoms with Gasteiger partial charge < -0.3 is 5.32 Å². The molecule has 0 saturated carbocycles. The molecule has 0 unspecified atom stereocenters. The highest BCUT2D eigenvalue weighted by Crippen LogP contribution is 2.29. The van der Waals surface area contributed by atoms with Crippen molar-refractivity contribution in [3.63, 3.8) is 0 Å². The fourth-order valence-corrected chi connectivity index (χ4v) is 3.30. The van der Waals surface area contributed by atoms with Gasteiger partial charge in [0.05, 0.1) is 6.54 Å². The van der Waals surface area contributed by atoms with Crippen LogP contribution in [0.15, 0.2) is 48.5 Å². The van der Waals surface area contributed by atoms with Gasteiger partial charge in [-0.2, -0.15) is 0 Å². The maximum absolute atomic E-state index is 12.0. The van der Waals surface area contributed by atoms with Crippen LogP contribution in [-0.4, -0.2) is 28.6 Å². The van der Waals surface area contributed by atoms with E-state index in [1.807, 2.05) is 32.0 Å². The summed E-state index contributed by atoms with van der Waals surface area (Å²) in [6.07, 6.45) is 0. The van der Waals surface area contributed by atoms with E-state index in [1.54, 1.807) is 24.3 Å². The van der Waals surface area contributed by atoms with Gasteiger partial charge in [0, 0.05) is 11.1 Å². The number of aromatic nitrogens is 2. The number of rotatable bonds is 5. The van der Waals surface area contributed by atoms with E-state index in [0.29, 0.717) is 10.7 Å². The molecule has 6 nitrogen and oxygen atoms in total. The molecule has 2 N–H and O–H groups in total. The van der Waals surface area contributed by atoms with Crippen molar-refractivity contribution in [3.8, 4) is 10.6 Å². The first kappa shape index (κ1) is 17.8. The maximum atomic E-state index is 12.0. The molecule has 1 aromatic heterocycles. The molecule has 2 aromatic carbocycles. The van der Waals surface area contributed by atoms with Crippen LogP contribution in [0.4, 0.5) is 5.13 Å². The Morgan fingerprint density at radius 1 is 1.04 bits per heavy atom. The topological polar surface area (TPSA) is 84.0 Å². The minimum absolute atomic E-state index is 0.133. The molecule has 3 aromatic rings. The van der Waals surface area contributed by atoms with E-state index < -0.39 is 0 Å². The largest absolute Gasteiger partial charge is 0.343 e. The number of nitrogens with one attached hydrogen (secondary N) is 2. The van der Waals surface area contributed by atoms with Crippen molar-refractivity contribution < 1.29 is 9.59 Å². The predicted molar refractivity (Wildman–Crippen MR) is 102 cm³/mol. The minimum Gasteiger partial charge on any atom is -0.343 e. The van der Waals surface area contributed by atoms with Crippen molar-refractivity contribution >= 4 is 28.3 Å². The zero-order valence-electron chi connectivity index (χ0n) is 14.4. The molecule has 26 heavy (non-hydrogen) atoms. The Bertz CT molecular complexity index is 938. The summed E-state index contributed by atoms with van der Waals surface area (Å²) in [6.45, 7) is 3.92. The molecule has 1 heterocycles. The fourth-order valence-electron chi connectivity index (χ4n) is 2.45. The molecule has 132 valence electrons. The number of hydrogen-bond donors (Lipinski definition) is 2. The van der Waals surface area contributed by atoms with E-state index >= 15 is 0 Å². The van der Waals surface area contributed by atoms with Crippen LogP contribution < -0.4 is 10.6 Å². The van der Waals surface area contributed by atoms with Gasteiger partial charge >= 0.3 is 0 Å². The van der Waals surface area contributed by atoms with Crippen molar-refractivity contribution in [2.24, 2.45) is 0 Å². The second kappa shape index (κ2) is 7.88. The van der Waals surface area contributed by atoms with Gasteiger partial charge in [0.25, 0.3) is 5.91 Å². The first-order chi connectivity index (χ1) is 12.5. The van der Waals surface area contributed by atoms with E-state index in [-0.39, 0.29) is 18.4 Å². The van der Waals surface area contributed by atoms with E-state index in [2.05, 4.69) is 26.9 Å². The summed E-state index contributed by atoms with van der Waals surface area (Å²) >= 11 is 1.30. The van der Waals surface area contributed by atoms with Crippen molar-refractivity contribution in [2.45, 2.75) is 13.8 Å². The third-order valence-corrected chi connectivity index (χ3v) is 4.60. The average molecular weight is 366 g/mol. The number of aryl methyl sites for hydroxylation is 2. The van der Waals surface area contributed by atoms with Gasteiger partial charge in [-0.3, -0.25) is 14.9 Å². The van der Waals surface area contributed by atoms with Gasteiger partial charge in [-0.15, -0.1) is 10.2 Å². The van der Waals surface area contributed by atoms with Crippen LogP contribution in [0.1, 0.15) is 21.5 Å². The zero-order valence-corrected chi connectivity index (χ0v) is 15.3. The van der Waals surface area contributed by atoms with E-state index in [1.165, 1.54) is 16.9 Å². The van der Waals surface area contributed by atoms with Gasteiger partial charge in [0.15, 0.2) is 0 Å². The Kier molecular flexibility index (Phi) is 5.38. The van der Waals surface area contributed by atoms with Crippen LogP contribution in [0.5, 0.6) is 0 Å². The molecule has 0 spiro atoms. The lowest BCUT2D eigenvalue weighted by molar-refractivity contribution is -0.115. The van der Waals surface area contributed by atoms with Crippen LogP contribution in [0.2, 0.25) is 0 Å². The standard InChI is InChI=1S/C19H18N4O2S/c1-12-8-9-15(13(2)10-12)18-22-23-19(26-18)21-16(24)11-20-17(25)14-6-4-3-5-7-14/h3-10H,11H2,1-2H3,(H,20,25)(H,21,23,24). The Morgan fingerprint density at radius 3 is 2.54 bits per heavy atom. The number of benzene rings is 2. The first-order valence-corrected chi connectivity index (χ1v) is 8.89. The summed E-state index contributed by atoms with van der Waals surface area (Å²) in [5.41, 5.74) is 3.78. The predicted octanol–water partition coefficient (Wildman–Crippen LogP) is 3.19. The molecule has 0 aliphatic rings. The third kappa shape index (κ3) is 4.31. The number of hydrogen-bond acceptors (Lipinski definition) is 5. The molecule has 7 heteroatoms. The van der Waals surface area contributed by atoms with Crippen LogP contribution >= 0.6 is 11.3 Å². The van der Waals surface area contributed by atoms with Crippen molar-refractivity contribution in [3.05, 3.63) is 65.2 Å². The van der Waals surface area contributed by atoms with Crippen LogP contribution in [0.25, 0.3) is 10.6 Å². The second-order valence-corrected chi connectivity index (χ2v) is 6.81. The molecular formula is C19H18N4O2S. The molecule has 0 atom stereocenters. The van der Waals surface area contributed by atoms with Crippen molar-refractivity contribution in [1.29, 1.82) is 0 Å². The third-order valence-electron chi connectivity index (χ3n) is 3.73. The van der Waals surface area contributed by atoms with Gasteiger partial charge in [0.1, 0.15) is 5.01 Å². The van der Waals surface area contributed by atoms with E-state index in [9.17, 15) is 9.59 Å². The van der Waals surface area contributed by atoms with Crippen LogP contribution in [0, 0.1) is 13.8 Å². The normalized spacial score (nSPS) is 10.4. The Morgan fingerprint density at radius 2 is 1.81 bits per heavy atom. The highest BCUT2D eigenvalue weighted by molar-refractivity contribution is 7.18. The smallest absolute Gasteiger partial charge is 0.251 e. The lowest BCUT2D eigenvalue weighted by atomic mass is 10.1. The number of amides is 2. The highest BCUT2D eigenvalue weighted by Gasteiger charge is 2.12. The van der Waals surface area contributed by atoms with Crippen molar-refractivity contribution in [1.82, 2.24) is 15.5 Å². The minimum atomic E-state index is -0.349. The molecule has 2 amide bonds. The maximum Gasteiger partial charge on any atom is 0.251 e. The Hall–Kier alpha value is -3.06. The quantitative estimate of drug-likeness (QED) is 0.726. The number of nitrogens with zero attached hydrogens (tertiary/aromatic N) is 2. The summed E-state index contributed by atoms with van der Waals surface area (Å²) < 4.78 is 0. The highest BCUT2D eigenvalue weighted by atomic mass is 32.1. The SMILES string of the molecule is Cc1ccc(-c2nnc(NC(=O)CNC(=O)c3ccccc3)s2)c(C)c1. The van der Waals surface area contributed by atoms with E-state index in [0.717, 1.165) is 16.1 Å². The van der Waals surface area contributed by atoms with Gasteiger partial charge in [-0.25, -0.2) is 0 Å². The number of carbonyl (C=O) groups is 2. The Labute approximate surface area is 155 Å². The summed E-state index contributed by atoms with van der Waals surface area (Å²) in [7, 11) is 0. The van der Waals surface area contributed by atoms with Gasteiger partial charge in [0.2, 0.25) is 11.0 Å². The summed E-state index contributed by atoms with van der Waals surface area (Å²) in [4.78, 5) is 24.0. The summed E-state index contributed by atoms with van der Waals surface area (Å²) in [6, 6.07) is 14.8. The second-order valence-electron chi connectivity index (χ2n) is 5.83. The summed E-state index contributed by atoms with van der Waals surface area (Å²) in [5, 5.41) is 14.5. The van der Waals surface area contributed by atoms with Crippen molar-refractivity contribution in [2.75, 3.05) is 11.9 Å². The number of anilines is 1. The molecule has 0 saturated heterocycles. The molecule has 3 rings (SSSR count).